The molecule has 6 nitrogen and oxygen atoms in total. The molecule has 1 aliphatic heterocycles. The van der Waals surface area contributed by atoms with E-state index in [2.05, 4.69) is 22.6 Å². The second-order valence-electron chi connectivity index (χ2n) is 6.12. The Morgan fingerprint density at radius 1 is 1.32 bits per heavy atom. The van der Waals surface area contributed by atoms with Crippen molar-refractivity contribution in [2.24, 2.45) is 0 Å². The summed E-state index contributed by atoms with van der Waals surface area (Å²) in [4.78, 5) is 26.5. The second-order valence-corrected chi connectivity index (χ2v) is 9.40. The molecule has 1 heterocycles. The average Bonchev–Trinajstić information content (AvgIpc) is 3.00. The lowest BCUT2D eigenvalue weighted by molar-refractivity contribution is -0.145. The van der Waals surface area contributed by atoms with E-state index in [4.69, 9.17) is 38.0 Å². The Labute approximate surface area is 208 Å². The van der Waals surface area contributed by atoms with E-state index < -0.39 is 5.97 Å². The van der Waals surface area contributed by atoms with Crippen LogP contribution in [0.2, 0.25) is 5.02 Å². The number of hydrogen-bond donors (Lipinski definition) is 0. The highest BCUT2D eigenvalue weighted by Crippen LogP contribution is 2.39. The second kappa shape index (κ2) is 10.7. The molecule has 0 spiro atoms. The highest BCUT2D eigenvalue weighted by Gasteiger charge is 2.33. The molecule has 10 heteroatoms. The molecule has 162 valence electrons. The van der Waals surface area contributed by atoms with Crippen LogP contribution in [0.15, 0.2) is 41.3 Å². The van der Waals surface area contributed by atoms with Crippen LogP contribution in [0, 0.1) is 3.57 Å². The molecular weight excluding hydrogens is 573 g/mol. The highest BCUT2D eigenvalue weighted by molar-refractivity contribution is 14.1. The number of thiocarbonyl (C=S) groups is 1. The number of ether oxygens (including phenoxy) is 3. The maximum absolute atomic E-state index is 13.0. The molecule has 31 heavy (non-hydrogen) atoms. The minimum Gasteiger partial charge on any atom is -0.493 e. The Morgan fingerprint density at radius 3 is 2.77 bits per heavy atom. The van der Waals surface area contributed by atoms with Crippen molar-refractivity contribution in [1.82, 2.24) is 0 Å². The molecule has 2 aromatic carbocycles. The number of nitrogens with zero attached hydrogens (tertiary/aromatic N) is 1. The number of methoxy groups -OCH3 is 1. The topological polar surface area (TPSA) is 65.1 Å². The third-order valence-electron chi connectivity index (χ3n) is 4.05. The smallest absolute Gasteiger partial charge is 0.344 e. The minimum absolute atomic E-state index is 0.224. The molecule has 0 aromatic heterocycles. The fraction of sp³-hybridized carbons (Fsp3) is 0.190. The minimum atomic E-state index is -0.464. The van der Waals surface area contributed by atoms with Crippen molar-refractivity contribution in [3.63, 3.8) is 0 Å². The van der Waals surface area contributed by atoms with Gasteiger partial charge in [-0.25, -0.2) is 4.79 Å². The number of halogens is 2. The van der Waals surface area contributed by atoms with Crippen molar-refractivity contribution in [3.05, 3.63) is 55.5 Å². The van der Waals surface area contributed by atoms with Gasteiger partial charge in [-0.1, -0.05) is 41.6 Å². The molecule has 3 rings (SSSR count). The summed E-state index contributed by atoms with van der Waals surface area (Å²) in [5, 5.41) is 0.522. The van der Waals surface area contributed by atoms with E-state index in [1.807, 2.05) is 6.07 Å². The lowest BCUT2D eigenvalue weighted by atomic mass is 10.1. The van der Waals surface area contributed by atoms with Crippen LogP contribution in [0.4, 0.5) is 5.69 Å². The van der Waals surface area contributed by atoms with Gasteiger partial charge >= 0.3 is 5.97 Å². The van der Waals surface area contributed by atoms with Gasteiger partial charge in [-0.05, 0) is 71.5 Å². The van der Waals surface area contributed by atoms with Crippen molar-refractivity contribution in [3.8, 4) is 11.5 Å². The number of hydrogen-bond acceptors (Lipinski definition) is 7. The molecule has 2 aromatic rings. The van der Waals surface area contributed by atoms with E-state index >= 15 is 0 Å². The number of carbonyl (C=O) groups is 2. The molecule has 1 amide bonds. The molecule has 0 bridgehead atoms. The van der Waals surface area contributed by atoms with E-state index in [9.17, 15) is 9.59 Å². The molecule has 0 radical (unpaired) electrons. The number of esters is 1. The van der Waals surface area contributed by atoms with Gasteiger partial charge in [0, 0.05) is 5.02 Å². The van der Waals surface area contributed by atoms with Crippen molar-refractivity contribution in [2.45, 2.75) is 6.92 Å². The molecule has 0 N–H and O–H groups in total. The van der Waals surface area contributed by atoms with Crippen molar-refractivity contribution in [1.29, 1.82) is 0 Å². The first-order valence-electron chi connectivity index (χ1n) is 9.03. The number of carbonyl (C=O) groups excluding carboxylic acids is 2. The maximum atomic E-state index is 13.0. The Balaban J connectivity index is 1.86. The summed E-state index contributed by atoms with van der Waals surface area (Å²) in [6.45, 7) is 1.78. The zero-order valence-corrected chi connectivity index (χ0v) is 21.1. The predicted octanol–water partition coefficient (Wildman–Crippen LogP) is 5.30. The van der Waals surface area contributed by atoms with Crippen LogP contribution in [0.25, 0.3) is 6.08 Å². The van der Waals surface area contributed by atoms with Crippen LogP contribution in [-0.2, 0) is 14.3 Å². The fourth-order valence-corrected chi connectivity index (χ4v) is 5.02. The van der Waals surface area contributed by atoms with Gasteiger partial charge in [-0.3, -0.25) is 9.69 Å². The SMILES string of the molecule is CCOC(=O)COc1c(I)cc(/C=C2\SC(=S)N(c3cccc(Cl)c3)C2=O)cc1OC. The Morgan fingerprint density at radius 2 is 2.10 bits per heavy atom. The average molecular weight is 590 g/mol. The van der Waals surface area contributed by atoms with Crippen LogP contribution in [-0.4, -0.2) is 36.5 Å². The van der Waals surface area contributed by atoms with Gasteiger partial charge in [0.2, 0.25) is 0 Å². The van der Waals surface area contributed by atoms with Gasteiger partial charge in [0.15, 0.2) is 22.4 Å². The van der Waals surface area contributed by atoms with Gasteiger partial charge in [0.05, 0.1) is 27.9 Å². The van der Waals surface area contributed by atoms with Crippen LogP contribution in [0.3, 0.4) is 0 Å². The normalized spacial score (nSPS) is 14.8. The van der Waals surface area contributed by atoms with E-state index in [-0.39, 0.29) is 19.1 Å². The first-order valence-corrected chi connectivity index (χ1v) is 11.7. The summed E-state index contributed by atoms with van der Waals surface area (Å²) >= 11 is 14.8. The zero-order valence-electron chi connectivity index (χ0n) is 16.5. The Hall–Kier alpha value is -1.82. The molecule has 0 saturated carbocycles. The third-order valence-corrected chi connectivity index (χ3v) is 6.39. The Bertz CT molecular complexity index is 1080. The molecule has 1 saturated heterocycles. The van der Waals surface area contributed by atoms with E-state index in [1.54, 1.807) is 43.3 Å². The molecule has 0 aliphatic carbocycles. The number of anilines is 1. The van der Waals surface area contributed by atoms with Crippen LogP contribution in [0.1, 0.15) is 12.5 Å². The van der Waals surface area contributed by atoms with E-state index in [0.29, 0.717) is 31.4 Å². The van der Waals surface area contributed by atoms with E-state index in [1.165, 1.54) is 23.8 Å². The highest BCUT2D eigenvalue weighted by atomic mass is 127. The van der Waals surface area contributed by atoms with Gasteiger partial charge < -0.3 is 14.2 Å². The quantitative estimate of drug-likeness (QED) is 0.188. The first kappa shape index (κ1) is 23.8. The summed E-state index contributed by atoms with van der Waals surface area (Å²) in [5.41, 5.74) is 1.35. The van der Waals surface area contributed by atoms with Gasteiger partial charge in [0.1, 0.15) is 0 Å². The van der Waals surface area contributed by atoms with Crippen LogP contribution in [0.5, 0.6) is 11.5 Å². The van der Waals surface area contributed by atoms with Crippen molar-refractivity contribution < 1.29 is 23.8 Å². The predicted molar refractivity (Wildman–Crippen MR) is 135 cm³/mol. The summed E-state index contributed by atoms with van der Waals surface area (Å²) in [6.07, 6.45) is 1.74. The summed E-state index contributed by atoms with van der Waals surface area (Å²) in [7, 11) is 1.50. The summed E-state index contributed by atoms with van der Waals surface area (Å²) < 4.78 is 17.0. The fourth-order valence-electron chi connectivity index (χ4n) is 2.75. The van der Waals surface area contributed by atoms with Gasteiger partial charge in [-0.15, -0.1) is 0 Å². The number of amides is 1. The van der Waals surface area contributed by atoms with Crippen LogP contribution < -0.4 is 14.4 Å². The monoisotopic (exact) mass is 589 g/mol. The molecule has 1 fully saturated rings. The lowest BCUT2D eigenvalue weighted by Gasteiger charge is -2.14. The van der Waals surface area contributed by atoms with Crippen molar-refractivity contribution >= 4 is 86.1 Å². The lowest BCUT2D eigenvalue weighted by Crippen LogP contribution is -2.27. The third kappa shape index (κ3) is 5.71. The first-order chi connectivity index (χ1) is 14.8. The maximum Gasteiger partial charge on any atom is 0.344 e. The molecule has 0 atom stereocenters. The van der Waals surface area contributed by atoms with Gasteiger partial charge in [-0.2, -0.15) is 0 Å². The van der Waals surface area contributed by atoms with Gasteiger partial charge in [0.25, 0.3) is 5.91 Å². The van der Waals surface area contributed by atoms with E-state index in [0.717, 1.165) is 9.13 Å². The van der Waals surface area contributed by atoms with Crippen molar-refractivity contribution in [2.75, 3.05) is 25.2 Å². The molecular formula is C21H17ClINO5S2. The number of thioether (sulfide) groups is 1. The molecule has 0 unspecified atom stereocenters. The number of rotatable bonds is 7. The summed E-state index contributed by atoms with van der Waals surface area (Å²) in [6, 6.07) is 10.5. The zero-order chi connectivity index (χ0) is 22.5. The Kier molecular flexibility index (Phi) is 8.20. The molecule has 1 aliphatic rings. The number of benzene rings is 2. The van der Waals surface area contributed by atoms with Crippen LogP contribution >= 0.6 is 58.2 Å². The summed E-state index contributed by atoms with van der Waals surface area (Å²) in [5.74, 6) is 0.176. The largest absolute Gasteiger partial charge is 0.493 e. The standard InChI is InChI=1S/C21H17ClINO5S2/c1-3-28-18(25)11-29-19-15(23)7-12(8-16(19)27-2)9-17-20(26)24(21(30)31-17)14-6-4-5-13(22)10-14/h4-10H,3,11H2,1-2H3/b17-9-.